The fraction of sp³-hybridized carbons (Fsp3) is 0.444. The third-order valence-electron chi connectivity index (χ3n) is 6.67. The molecule has 1 N–H and O–H groups in total. The van der Waals surface area contributed by atoms with Crippen LogP contribution in [0.15, 0.2) is 58.7 Å². The second-order valence-electron chi connectivity index (χ2n) is 9.09. The number of rotatable bonds is 8. The van der Waals surface area contributed by atoms with E-state index in [1.165, 1.54) is 0 Å². The number of amides is 2. The third kappa shape index (κ3) is 4.93. The van der Waals surface area contributed by atoms with E-state index >= 15 is 0 Å². The highest BCUT2D eigenvalue weighted by Gasteiger charge is 2.54. The van der Waals surface area contributed by atoms with Crippen LogP contribution in [0.1, 0.15) is 56.1 Å². The summed E-state index contributed by atoms with van der Waals surface area (Å²) in [5, 5.41) is 2.85. The van der Waals surface area contributed by atoms with Gasteiger partial charge in [-0.25, -0.2) is 0 Å². The maximum absolute atomic E-state index is 13.7. The molecule has 1 aromatic heterocycles. The highest BCUT2D eigenvalue weighted by molar-refractivity contribution is 5.92. The quantitative estimate of drug-likeness (QED) is 0.590. The van der Waals surface area contributed by atoms with Crippen molar-refractivity contribution in [1.29, 1.82) is 0 Å². The number of allylic oxidation sites excluding steroid dienone is 1. The molecule has 7 heteroatoms. The number of ether oxygens (including phenoxy) is 1. The molecule has 1 aromatic carbocycles. The van der Waals surface area contributed by atoms with Gasteiger partial charge in [-0.2, -0.15) is 0 Å². The summed E-state index contributed by atoms with van der Waals surface area (Å²) in [5.41, 5.74) is 0.798. The molecule has 1 fully saturated rings. The summed E-state index contributed by atoms with van der Waals surface area (Å²) in [6.07, 6.45) is 4.57. The highest BCUT2D eigenvalue weighted by atomic mass is 16.5. The zero-order valence-electron chi connectivity index (χ0n) is 19.8. The Labute approximate surface area is 200 Å². The van der Waals surface area contributed by atoms with Crippen LogP contribution in [-0.4, -0.2) is 29.3 Å². The second-order valence-corrected chi connectivity index (χ2v) is 9.09. The number of carbonyl (C=O) groups excluding carboxylic acids is 3. The number of benzene rings is 1. The molecule has 2 heterocycles. The Morgan fingerprint density at radius 3 is 2.71 bits per heavy atom. The van der Waals surface area contributed by atoms with Crippen LogP contribution in [0, 0.1) is 18.3 Å². The van der Waals surface area contributed by atoms with Gasteiger partial charge in [0.1, 0.15) is 16.9 Å². The Balaban J connectivity index is 1.59. The summed E-state index contributed by atoms with van der Waals surface area (Å²) in [5.74, 6) is 0.156. The summed E-state index contributed by atoms with van der Waals surface area (Å²) in [6.45, 7) is 4.52. The van der Waals surface area contributed by atoms with Crippen LogP contribution >= 0.6 is 0 Å². The van der Waals surface area contributed by atoms with Crippen LogP contribution in [0.3, 0.4) is 0 Å². The maximum Gasteiger partial charge on any atom is 0.318 e. The molecule has 34 heavy (non-hydrogen) atoms. The van der Waals surface area contributed by atoms with Crippen molar-refractivity contribution >= 4 is 17.8 Å². The molecule has 2 atom stereocenters. The number of likely N-dealkylation sites (tertiary alicyclic amines) is 1. The molecule has 1 aliphatic heterocycles. The monoisotopic (exact) mass is 464 g/mol. The van der Waals surface area contributed by atoms with Crippen LogP contribution in [-0.2, 0) is 32.2 Å². The average molecular weight is 465 g/mol. The summed E-state index contributed by atoms with van der Waals surface area (Å²) >= 11 is 0. The minimum Gasteiger partial charge on any atom is -0.465 e. The molecule has 2 amide bonds. The van der Waals surface area contributed by atoms with E-state index < -0.39 is 11.3 Å². The summed E-state index contributed by atoms with van der Waals surface area (Å²) in [4.78, 5) is 41.5. The normalized spacial score (nSPS) is 22.1. The van der Waals surface area contributed by atoms with Gasteiger partial charge in [-0.15, -0.1) is 0 Å². The molecule has 180 valence electrons. The number of hydrogen-bond acceptors (Lipinski definition) is 5. The minimum atomic E-state index is -0.903. The van der Waals surface area contributed by atoms with Crippen molar-refractivity contribution in [2.45, 2.75) is 59.0 Å². The first-order chi connectivity index (χ1) is 16.4. The average Bonchev–Trinajstić information content (AvgIpc) is 3.26. The topological polar surface area (TPSA) is 88.8 Å². The molecule has 0 spiro atoms. The van der Waals surface area contributed by atoms with E-state index in [1.807, 2.05) is 55.5 Å². The Hall–Kier alpha value is -3.35. The third-order valence-corrected chi connectivity index (χ3v) is 6.67. The predicted molar refractivity (Wildman–Crippen MR) is 126 cm³/mol. The first-order valence-corrected chi connectivity index (χ1v) is 12.0. The van der Waals surface area contributed by atoms with Gasteiger partial charge in [0, 0.05) is 18.0 Å². The van der Waals surface area contributed by atoms with Gasteiger partial charge in [0.05, 0.1) is 19.7 Å². The molecular weight excluding hydrogens is 432 g/mol. The first-order valence-electron chi connectivity index (χ1n) is 12.0. The summed E-state index contributed by atoms with van der Waals surface area (Å²) in [7, 11) is 0. The second kappa shape index (κ2) is 10.3. The Morgan fingerprint density at radius 1 is 1.21 bits per heavy atom. The van der Waals surface area contributed by atoms with E-state index in [-0.39, 0.29) is 43.8 Å². The smallest absolute Gasteiger partial charge is 0.318 e. The lowest BCUT2D eigenvalue weighted by Crippen LogP contribution is -2.54. The van der Waals surface area contributed by atoms with Gasteiger partial charge in [-0.1, -0.05) is 36.4 Å². The molecular formula is C27H32N2O5. The molecule has 1 saturated heterocycles. The van der Waals surface area contributed by atoms with Crippen LogP contribution in [0.4, 0.5) is 0 Å². The van der Waals surface area contributed by atoms with Crippen molar-refractivity contribution in [2.75, 3.05) is 6.61 Å². The standard InChI is InChI=1S/C27H32N2O5/c1-3-33-26(32)27-14-8-7-11-23(27)29(18-20-9-5-4-6-10-20)25(31)21(16-27)15-24(30)28-17-22-13-12-19(2)34-22/h4-6,9-13,21H,3,7-8,14-18H2,1-2H3,(H,28,30)/t21-,27+/m1/s1. The number of nitrogens with one attached hydrogen (secondary N) is 1. The van der Waals surface area contributed by atoms with Crippen LogP contribution in [0.5, 0.6) is 0 Å². The molecule has 2 aromatic rings. The Bertz CT molecular complexity index is 1070. The SMILES string of the molecule is CCOC(=O)[C@]12CCCC=C1N(Cc1ccccc1)C(=O)[C@H](CC(=O)NCc1ccc(C)o1)C2. The highest BCUT2D eigenvalue weighted by Crippen LogP contribution is 2.50. The first kappa shape index (κ1) is 23.8. The van der Waals surface area contributed by atoms with Crippen molar-refractivity contribution in [3.63, 3.8) is 0 Å². The summed E-state index contributed by atoms with van der Waals surface area (Å²) in [6, 6.07) is 13.4. The number of hydrogen-bond donors (Lipinski definition) is 1. The molecule has 0 saturated carbocycles. The van der Waals surface area contributed by atoms with Crippen molar-refractivity contribution in [1.82, 2.24) is 10.2 Å². The maximum atomic E-state index is 13.7. The molecule has 4 rings (SSSR count). The van der Waals surface area contributed by atoms with Crippen molar-refractivity contribution in [3.8, 4) is 0 Å². The van der Waals surface area contributed by atoms with Gasteiger partial charge < -0.3 is 19.4 Å². The lowest BCUT2D eigenvalue weighted by molar-refractivity contribution is -0.162. The number of esters is 1. The van der Waals surface area contributed by atoms with Crippen LogP contribution in [0.25, 0.3) is 0 Å². The number of furan rings is 1. The fourth-order valence-corrected chi connectivity index (χ4v) is 5.10. The van der Waals surface area contributed by atoms with E-state index in [2.05, 4.69) is 5.32 Å². The Morgan fingerprint density at radius 2 is 2.00 bits per heavy atom. The number of aryl methyl sites for hydroxylation is 1. The van der Waals surface area contributed by atoms with Crippen molar-refractivity contribution < 1.29 is 23.5 Å². The minimum absolute atomic E-state index is 0.0122. The summed E-state index contributed by atoms with van der Waals surface area (Å²) < 4.78 is 11.0. The fourth-order valence-electron chi connectivity index (χ4n) is 5.10. The van der Waals surface area contributed by atoms with E-state index in [1.54, 1.807) is 11.8 Å². The Kier molecular flexibility index (Phi) is 7.20. The van der Waals surface area contributed by atoms with E-state index in [0.717, 1.165) is 29.9 Å². The lowest BCUT2D eigenvalue weighted by atomic mass is 9.66. The number of nitrogens with zero attached hydrogens (tertiary/aromatic N) is 1. The zero-order chi connectivity index (χ0) is 24.1. The van der Waals surface area contributed by atoms with Crippen molar-refractivity contribution in [3.05, 3.63) is 71.3 Å². The predicted octanol–water partition coefficient (Wildman–Crippen LogP) is 4.26. The van der Waals surface area contributed by atoms with Gasteiger partial charge in [-0.3, -0.25) is 14.4 Å². The number of fused-ring (bicyclic) bond motifs is 1. The molecule has 0 bridgehead atoms. The molecule has 0 unspecified atom stereocenters. The number of piperidine rings is 1. The zero-order valence-corrected chi connectivity index (χ0v) is 19.8. The van der Waals surface area contributed by atoms with Gasteiger partial charge in [0.15, 0.2) is 0 Å². The molecule has 2 aliphatic rings. The molecule has 7 nitrogen and oxygen atoms in total. The molecule has 0 radical (unpaired) electrons. The van der Waals surface area contributed by atoms with Crippen molar-refractivity contribution in [2.24, 2.45) is 11.3 Å². The van der Waals surface area contributed by atoms with Gasteiger partial charge in [-0.05, 0) is 57.2 Å². The van der Waals surface area contributed by atoms with Gasteiger partial charge >= 0.3 is 5.97 Å². The van der Waals surface area contributed by atoms with E-state index in [0.29, 0.717) is 18.7 Å². The molecule has 1 aliphatic carbocycles. The largest absolute Gasteiger partial charge is 0.465 e. The van der Waals surface area contributed by atoms with Gasteiger partial charge in [0.25, 0.3) is 0 Å². The number of carbonyl (C=O) groups is 3. The lowest BCUT2D eigenvalue weighted by Gasteiger charge is -2.48. The van der Waals surface area contributed by atoms with Crippen LogP contribution < -0.4 is 5.32 Å². The van der Waals surface area contributed by atoms with E-state index in [4.69, 9.17) is 9.15 Å². The van der Waals surface area contributed by atoms with Gasteiger partial charge in [0.2, 0.25) is 11.8 Å². The van der Waals surface area contributed by atoms with Crippen LogP contribution in [0.2, 0.25) is 0 Å². The van der Waals surface area contributed by atoms with E-state index in [9.17, 15) is 14.4 Å².